The zero-order valence-corrected chi connectivity index (χ0v) is 10.1. The van der Waals surface area contributed by atoms with Crippen molar-refractivity contribution in [3.05, 3.63) is 0 Å². The summed E-state index contributed by atoms with van der Waals surface area (Å²) in [5, 5.41) is 3.56. The third-order valence-electron chi connectivity index (χ3n) is 2.14. The summed E-state index contributed by atoms with van der Waals surface area (Å²) in [6.07, 6.45) is 4.53. The van der Waals surface area contributed by atoms with Gasteiger partial charge in [0.25, 0.3) is 0 Å². The first-order chi connectivity index (χ1) is 6.24. The maximum atomic E-state index is 5.13. The molecule has 13 heavy (non-hydrogen) atoms. The van der Waals surface area contributed by atoms with Gasteiger partial charge in [-0.2, -0.15) is 11.8 Å². The molecule has 0 heterocycles. The van der Waals surface area contributed by atoms with Crippen molar-refractivity contribution in [2.45, 2.75) is 38.8 Å². The van der Waals surface area contributed by atoms with Gasteiger partial charge in [0.05, 0.1) is 6.61 Å². The van der Waals surface area contributed by atoms with Gasteiger partial charge in [-0.15, -0.1) is 0 Å². The Hall–Kier alpha value is 0.270. The van der Waals surface area contributed by atoms with Crippen molar-refractivity contribution in [1.29, 1.82) is 0 Å². The van der Waals surface area contributed by atoms with Crippen molar-refractivity contribution in [3.8, 4) is 0 Å². The Balaban J connectivity index is 3.53. The van der Waals surface area contributed by atoms with E-state index >= 15 is 0 Å². The zero-order valence-electron chi connectivity index (χ0n) is 9.30. The highest BCUT2D eigenvalue weighted by atomic mass is 32.2. The predicted octanol–water partition coefficient (Wildman–Crippen LogP) is 2.14. The molecule has 0 spiro atoms. The van der Waals surface area contributed by atoms with Crippen LogP contribution >= 0.6 is 11.8 Å². The third kappa shape index (κ3) is 7.35. The van der Waals surface area contributed by atoms with Gasteiger partial charge < -0.3 is 10.1 Å². The van der Waals surface area contributed by atoms with Gasteiger partial charge in [0.15, 0.2) is 0 Å². The van der Waals surface area contributed by atoms with Crippen LogP contribution in [0.25, 0.3) is 0 Å². The number of hydrogen-bond donors (Lipinski definition) is 1. The summed E-state index contributed by atoms with van der Waals surface area (Å²) in [6.45, 7) is 5.26. The molecule has 0 saturated carbocycles. The Morgan fingerprint density at radius 1 is 1.46 bits per heavy atom. The van der Waals surface area contributed by atoms with Crippen LogP contribution < -0.4 is 5.32 Å². The van der Waals surface area contributed by atoms with E-state index in [1.54, 1.807) is 7.11 Å². The molecule has 0 fully saturated rings. The van der Waals surface area contributed by atoms with Crippen molar-refractivity contribution in [2.24, 2.45) is 0 Å². The molecule has 0 aromatic heterocycles. The first-order valence-electron chi connectivity index (χ1n) is 4.98. The standard InChI is InChI=1S/C10H23NOS/c1-5-10(8-12-3)11-9(2)6-7-13-4/h9-11H,5-8H2,1-4H3. The van der Waals surface area contributed by atoms with Crippen molar-refractivity contribution in [3.63, 3.8) is 0 Å². The Kier molecular flexibility index (Phi) is 9.03. The molecule has 3 heteroatoms. The maximum Gasteiger partial charge on any atom is 0.0615 e. The number of ether oxygens (including phenoxy) is 1. The average molecular weight is 205 g/mol. The molecule has 1 N–H and O–H groups in total. The highest BCUT2D eigenvalue weighted by Crippen LogP contribution is 2.02. The van der Waals surface area contributed by atoms with E-state index in [1.807, 2.05) is 11.8 Å². The summed E-state index contributed by atoms with van der Waals surface area (Å²) in [5.41, 5.74) is 0. The molecule has 2 nitrogen and oxygen atoms in total. The predicted molar refractivity (Wildman–Crippen MR) is 61.6 cm³/mol. The summed E-state index contributed by atoms with van der Waals surface area (Å²) >= 11 is 1.91. The Morgan fingerprint density at radius 3 is 2.62 bits per heavy atom. The molecule has 0 amide bonds. The van der Waals surface area contributed by atoms with Crippen LogP contribution in [0.1, 0.15) is 26.7 Å². The van der Waals surface area contributed by atoms with Crippen LogP contribution in [-0.4, -0.2) is 37.8 Å². The first kappa shape index (κ1) is 13.3. The van der Waals surface area contributed by atoms with Crippen LogP contribution in [0.2, 0.25) is 0 Å². The number of hydrogen-bond acceptors (Lipinski definition) is 3. The van der Waals surface area contributed by atoms with Gasteiger partial charge in [-0.25, -0.2) is 0 Å². The Bertz CT molecular complexity index is 111. The minimum atomic E-state index is 0.516. The molecular formula is C10H23NOS. The van der Waals surface area contributed by atoms with E-state index in [2.05, 4.69) is 25.4 Å². The van der Waals surface area contributed by atoms with Gasteiger partial charge in [0, 0.05) is 19.2 Å². The van der Waals surface area contributed by atoms with Crippen molar-refractivity contribution in [2.75, 3.05) is 25.7 Å². The van der Waals surface area contributed by atoms with Crippen LogP contribution in [-0.2, 0) is 4.74 Å². The lowest BCUT2D eigenvalue weighted by atomic mass is 10.2. The molecule has 0 aliphatic carbocycles. The highest BCUT2D eigenvalue weighted by molar-refractivity contribution is 7.98. The largest absolute Gasteiger partial charge is 0.383 e. The zero-order chi connectivity index (χ0) is 10.1. The van der Waals surface area contributed by atoms with Gasteiger partial charge in [0.1, 0.15) is 0 Å². The Morgan fingerprint density at radius 2 is 2.15 bits per heavy atom. The molecule has 0 bridgehead atoms. The minimum absolute atomic E-state index is 0.516. The lowest BCUT2D eigenvalue weighted by molar-refractivity contribution is 0.159. The molecule has 0 aliphatic rings. The maximum absolute atomic E-state index is 5.13. The first-order valence-corrected chi connectivity index (χ1v) is 6.37. The van der Waals surface area contributed by atoms with Crippen LogP contribution in [0.3, 0.4) is 0 Å². The fourth-order valence-corrected chi connectivity index (χ4v) is 1.85. The molecule has 0 aromatic carbocycles. The second kappa shape index (κ2) is 8.85. The van der Waals surface area contributed by atoms with Crippen LogP contribution in [0.5, 0.6) is 0 Å². The second-order valence-electron chi connectivity index (χ2n) is 3.41. The lowest BCUT2D eigenvalue weighted by Crippen LogP contribution is -2.39. The fourth-order valence-electron chi connectivity index (χ4n) is 1.27. The van der Waals surface area contributed by atoms with E-state index in [1.165, 1.54) is 12.2 Å². The van der Waals surface area contributed by atoms with Gasteiger partial charge in [-0.3, -0.25) is 0 Å². The number of methoxy groups -OCH3 is 1. The normalized spacial score (nSPS) is 15.7. The summed E-state index contributed by atoms with van der Waals surface area (Å²) in [4.78, 5) is 0. The van der Waals surface area contributed by atoms with Gasteiger partial charge in [-0.05, 0) is 31.8 Å². The van der Waals surface area contributed by atoms with Crippen LogP contribution in [0.15, 0.2) is 0 Å². The van der Waals surface area contributed by atoms with E-state index in [4.69, 9.17) is 4.74 Å². The summed E-state index contributed by atoms with van der Waals surface area (Å²) in [7, 11) is 1.76. The smallest absolute Gasteiger partial charge is 0.0615 e. The van der Waals surface area contributed by atoms with E-state index in [0.29, 0.717) is 12.1 Å². The van der Waals surface area contributed by atoms with E-state index in [0.717, 1.165) is 13.0 Å². The van der Waals surface area contributed by atoms with Crippen LogP contribution in [0.4, 0.5) is 0 Å². The minimum Gasteiger partial charge on any atom is -0.383 e. The number of nitrogens with one attached hydrogen (secondary N) is 1. The van der Waals surface area contributed by atoms with E-state index in [9.17, 15) is 0 Å². The molecule has 2 unspecified atom stereocenters. The quantitative estimate of drug-likeness (QED) is 0.656. The molecule has 2 atom stereocenters. The fraction of sp³-hybridized carbons (Fsp3) is 1.00. The molecule has 0 aromatic rings. The average Bonchev–Trinajstić information content (AvgIpc) is 2.14. The highest BCUT2D eigenvalue weighted by Gasteiger charge is 2.08. The lowest BCUT2D eigenvalue weighted by Gasteiger charge is -2.21. The third-order valence-corrected chi connectivity index (χ3v) is 2.78. The number of thioether (sulfide) groups is 1. The molecule has 0 rings (SSSR count). The second-order valence-corrected chi connectivity index (χ2v) is 4.40. The SMILES string of the molecule is CCC(COC)NC(C)CCSC. The van der Waals surface area contributed by atoms with Gasteiger partial charge in [0.2, 0.25) is 0 Å². The number of rotatable bonds is 8. The topological polar surface area (TPSA) is 21.3 Å². The van der Waals surface area contributed by atoms with Crippen molar-refractivity contribution < 1.29 is 4.74 Å². The molecule has 0 saturated heterocycles. The van der Waals surface area contributed by atoms with E-state index in [-0.39, 0.29) is 0 Å². The summed E-state index contributed by atoms with van der Waals surface area (Å²) in [5.74, 6) is 1.23. The molecule has 80 valence electrons. The van der Waals surface area contributed by atoms with E-state index < -0.39 is 0 Å². The van der Waals surface area contributed by atoms with Gasteiger partial charge in [-0.1, -0.05) is 6.92 Å². The van der Waals surface area contributed by atoms with Crippen LogP contribution in [0, 0.1) is 0 Å². The molecule has 0 aliphatic heterocycles. The van der Waals surface area contributed by atoms with Crippen molar-refractivity contribution in [1.82, 2.24) is 5.32 Å². The Labute approximate surface area is 86.8 Å². The molecular weight excluding hydrogens is 182 g/mol. The van der Waals surface area contributed by atoms with Gasteiger partial charge >= 0.3 is 0 Å². The summed E-state index contributed by atoms with van der Waals surface area (Å²) in [6, 6.07) is 1.12. The van der Waals surface area contributed by atoms with Crippen molar-refractivity contribution >= 4 is 11.8 Å². The monoisotopic (exact) mass is 205 g/mol. The summed E-state index contributed by atoms with van der Waals surface area (Å²) < 4.78 is 5.13. The molecule has 0 radical (unpaired) electrons.